The van der Waals surface area contributed by atoms with Crippen LogP contribution in [0.15, 0.2) is 24.3 Å². The van der Waals surface area contributed by atoms with Crippen molar-refractivity contribution < 1.29 is 9.90 Å². The second kappa shape index (κ2) is 7.51. The molecular formula is C15H22ClNO2. The second-order valence-corrected chi connectivity index (χ2v) is 5.24. The zero-order chi connectivity index (χ0) is 14.4. The molecule has 0 spiro atoms. The third-order valence-electron chi connectivity index (χ3n) is 3.52. The quantitative estimate of drug-likeness (QED) is 0.823. The average molecular weight is 284 g/mol. The van der Waals surface area contributed by atoms with E-state index < -0.39 is 5.97 Å². The fourth-order valence-electron chi connectivity index (χ4n) is 2.31. The minimum atomic E-state index is -0.785. The predicted molar refractivity (Wildman–Crippen MR) is 78.6 cm³/mol. The highest BCUT2D eigenvalue weighted by atomic mass is 35.5. The Morgan fingerprint density at radius 2 is 1.84 bits per heavy atom. The van der Waals surface area contributed by atoms with E-state index in [0.29, 0.717) is 5.02 Å². The highest BCUT2D eigenvalue weighted by Crippen LogP contribution is 2.27. The molecule has 0 aliphatic carbocycles. The minimum Gasteiger partial charge on any atom is -0.480 e. The Hall–Kier alpha value is -1.06. The van der Waals surface area contributed by atoms with E-state index in [2.05, 4.69) is 20.8 Å². The van der Waals surface area contributed by atoms with Crippen molar-refractivity contribution >= 4 is 17.6 Å². The van der Waals surface area contributed by atoms with Crippen molar-refractivity contribution in [2.45, 2.75) is 45.7 Å². The van der Waals surface area contributed by atoms with Crippen molar-refractivity contribution in [3.05, 3.63) is 34.9 Å². The standard InChI is InChI=1S/C15H22ClNO2/c1-4-11(3)17(10-15(18)19)14(5-2)12-6-8-13(16)9-7-12/h6-9,11,14H,4-5,10H2,1-3H3,(H,18,19). The zero-order valence-electron chi connectivity index (χ0n) is 11.8. The monoisotopic (exact) mass is 283 g/mol. The number of rotatable bonds is 7. The maximum absolute atomic E-state index is 11.1. The van der Waals surface area contributed by atoms with Gasteiger partial charge in [-0.25, -0.2) is 0 Å². The lowest BCUT2D eigenvalue weighted by molar-refractivity contribution is -0.139. The predicted octanol–water partition coefficient (Wildman–Crippen LogP) is 3.98. The molecule has 0 heterocycles. The number of benzene rings is 1. The van der Waals surface area contributed by atoms with Gasteiger partial charge >= 0.3 is 5.97 Å². The molecule has 0 radical (unpaired) electrons. The second-order valence-electron chi connectivity index (χ2n) is 4.80. The summed E-state index contributed by atoms with van der Waals surface area (Å²) in [5.41, 5.74) is 1.12. The van der Waals surface area contributed by atoms with Gasteiger partial charge < -0.3 is 5.11 Å². The van der Waals surface area contributed by atoms with Crippen LogP contribution in [0, 0.1) is 0 Å². The lowest BCUT2D eigenvalue weighted by Gasteiger charge is -2.34. The molecule has 0 amide bonds. The Morgan fingerprint density at radius 1 is 1.26 bits per heavy atom. The Kier molecular flexibility index (Phi) is 6.32. The Bertz CT molecular complexity index is 405. The van der Waals surface area contributed by atoms with Gasteiger partial charge in [-0.2, -0.15) is 0 Å². The molecule has 0 aliphatic rings. The summed E-state index contributed by atoms with van der Waals surface area (Å²) in [7, 11) is 0. The minimum absolute atomic E-state index is 0.0656. The first kappa shape index (κ1) is 16.0. The lowest BCUT2D eigenvalue weighted by atomic mass is 10.0. The molecule has 0 saturated carbocycles. The average Bonchev–Trinajstić information content (AvgIpc) is 2.39. The summed E-state index contributed by atoms with van der Waals surface area (Å²) >= 11 is 5.91. The van der Waals surface area contributed by atoms with Gasteiger partial charge in [0.25, 0.3) is 0 Å². The van der Waals surface area contributed by atoms with E-state index in [1.807, 2.05) is 29.2 Å². The summed E-state index contributed by atoms with van der Waals surface area (Å²) in [6, 6.07) is 8.02. The van der Waals surface area contributed by atoms with Crippen molar-refractivity contribution in [3.63, 3.8) is 0 Å². The third kappa shape index (κ3) is 4.51. The molecule has 1 aromatic rings. The first-order chi connectivity index (χ1) is 8.99. The molecule has 0 fully saturated rings. The van der Waals surface area contributed by atoms with Gasteiger partial charge in [0, 0.05) is 17.1 Å². The fraction of sp³-hybridized carbons (Fsp3) is 0.533. The molecule has 1 N–H and O–H groups in total. The largest absolute Gasteiger partial charge is 0.480 e. The van der Waals surface area contributed by atoms with Gasteiger partial charge in [-0.3, -0.25) is 9.69 Å². The van der Waals surface area contributed by atoms with Crippen LogP contribution in [0.2, 0.25) is 5.02 Å². The van der Waals surface area contributed by atoms with Crippen molar-refractivity contribution in [1.82, 2.24) is 4.90 Å². The highest BCUT2D eigenvalue weighted by molar-refractivity contribution is 6.30. The molecule has 3 nitrogen and oxygen atoms in total. The van der Waals surface area contributed by atoms with E-state index in [-0.39, 0.29) is 18.6 Å². The van der Waals surface area contributed by atoms with E-state index in [0.717, 1.165) is 18.4 Å². The maximum Gasteiger partial charge on any atom is 0.317 e. The summed E-state index contributed by atoms with van der Waals surface area (Å²) in [4.78, 5) is 13.1. The first-order valence-electron chi connectivity index (χ1n) is 6.72. The number of hydrogen-bond acceptors (Lipinski definition) is 2. The molecule has 0 saturated heterocycles. The number of halogens is 1. The SMILES string of the molecule is CCC(C)N(CC(=O)O)C(CC)c1ccc(Cl)cc1. The molecule has 0 bridgehead atoms. The van der Waals surface area contributed by atoms with E-state index in [1.165, 1.54) is 0 Å². The topological polar surface area (TPSA) is 40.5 Å². The molecule has 1 aromatic carbocycles. The smallest absolute Gasteiger partial charge is 0.317 e. The lowest BCUT2D eigenvalue weighted by Crippen LogP contribution is -2.39. The molecule has 2 atom stereocenters. The summed E-state index contributed by atoms with van der Waals surface area (Å²) in [6.07, 6.45) is 1.80. The van der Waals surface area contributed by atoms with Crippen LogP contribution in [-0.4, -0.2) is 28.6 Å². The molecule has 106 valence electrons. The number of carboxylic acids is 1. The van der Waals surface area contributed by atoms with Gasteiger partial charge in [0.15, 0.2) is 0 Å². The van der Waals surface area contributed by atoms with Gasteiger partial charge in [-0.1, -0.05) is 37.6 Å². The van der Waals surface area contributed by atoms with Crippen LogP contribution in [0.5, 0.6) is 0 Å². The molecule has 0 aliphatic heterocycles. The van der Waals surface area contributed by atoms with Crippen LogP contribution in [0.25, 0.3) is 0 Å². The van der Waals surface area contributed by atoms with E-state index >= 15 is 0 Å². The van der Waals surface area contributed by atoms with E-state index in [4.69, 9.17) is 16.7 Å². The van der Waals surface area contributed by atoms with Crippen molar-refractivity contribution in [1.29, 1.82) is 0 Å². The molecule has 1 rings (SSSR count). The number of carboxylic acid groups (broad SMARTS) is 1. The summed E-state index contributed by atoms with van der Waals surface area (Å²) in [5.74, 6) is -0.785. The van der Waals surface area contributed by atoms with Crippen molar-refractivity contribution in [2.75, 3.05) is 6.54 Å². The van der Waals surface area contributed by atoms with Gasteiger partial charge in [-0.15, -0.1) is 0 Å². The molecule has 4 heteroatoms. The van der Waals surface area contributed by atoms with Crippen LogP contribution in [0.3, 0.4) is 0 Å². The molecule has 2 unspecified atom stereocenters. The van der Waals surface area contributed by atoms with Crippen LogP contribution < -0.4 is 0 Å². The van der Waals surface area contributed by atoms with Gasteiger partial charge in [0.2, 0.25) is 0 Å². The molecular weight excluding hydrogens is 262 g/mol. The highest BCUT2D eigenvalue weighted by Gasteiger charge is 2.24. The summed E-state index contributed by atoms with van der Waals surface area (Å²) < 4.78 is 0. The van der Waals surface area contributed by atoms with E-state index in [1.54, 1.807) is 0 Å². The van der Waals surface area contributed by atoms with Crippen molar-refractivity contribution in [2.24, 2.45) is 0 Å². The molecule has 0 aromatic heterocycles. The Morgan fingerprint density at radius 3 is 2.26 bits per heavy atom. The van der Waals surface area contributed by atoms with E-state index in [9.17, 15) is 4.79 Å². The van der Waals surface area contributed by atoms with Crippen LogP contribution in [-0.2, 0) is 4.79 Å². The third-order valence-corrected chi connectivity index (χ3v) is 3.77. The maximum atomic E-state index is 11.1. The number of carbonyl (C=O) groups is 1. The number of aliphatic carboxylic acids is 1. The number of nitrogens with zero attached hydrogens (tertiary/aromatic N) is 1. The normalized spacial score (nSPS) is 14.4. The fourth-order valence-corrected chi connectivity index (χ4v) is 2.44. The van der Waals surface area contributed by atoms with Crippen LogP contribution in [0.1, 0.15) is 45.2 Å². The van der Waals surface area contributed by atoms with Gasteiger partial charge in [0.1, 0.15) is 0 Å². The van der Waals surface area contributed by atoms with Crippen LogP contribution >= 0.6 is 11.6 Å². The molecule has 19 heavy (non-hydrogen) atoms. The summed E-state index contributed by atoms with van der Waals surface area (Å²) in [5, 5.41) is 9.80. The zero-order valence-corrected chi connectivity index (χ0v) is 12.5. The Labute approximate surface area is 120 Å². The Balaban J connectivity index is 3.01. The van der Waals surface area contributed by atoms with Gasteiger partial charge in [-0.05, 0) is 37.5 Å². The van der Waals surface area contributed by atoms with Crippen molar-refractivity contribution in [3.8, 4) is 0 Å². The summed E-state index contributed by atoms with van der Waals surface area (Å²) in [6.45, 7) is 6.29. The first-order valence-corrected chi connectivity index (χ1v) is 7.10. The number of hydrogen-bond donors (Lipinski definition) is 1. The van der Waals surface area contributed by atoms with Gasteiger partial charge in [0.05, 0.1) is 6.54 Å². The van der Waals surface area contributed by atoms with Crippen LogP contribution in [0.4, 0.5) is 0 Å².